The van der Waals surface area contributed by atoms with Gasteiger partial charge in [0.05, 0.1) is 5.69 Å². The molecule has 1 fully saturated rings. The maximum absolute atomic E-state index is 11.1. The fourth-order valence-electron chi connectivity index (χ4n) is 2.47. The van der Waals surface area contributed by atoms with Gasteiger partial charge < -0.3 is 10.4 Å². The van der Waals surface area contributed by atoms with Crippen molar-refractivity contribution in [1.29, 1.82) is 0 Å². The number of hydrogen-bond acceptors (Lipinski definition) is 3. The van der Waals surface area contributed by atoms with Gasteiger partial charge in [0.15, 0.2) is 5.69 Å². The van der Waals surface area contributed by atoms with Crippen LogP contribution in [-0.2, 0) is 0 Å². The van der Waals surface area contributed by atoms with Gasteiger partial charge in [-0.2, -0.15) is 0 Å². The summed E-state index contributed by atoms with van der Waals surface area (Å²) >= 11 is 0. The van der Waals surface area contributed by atoms with Gasteiger partial charge in [-0.05, 0) is 30.4 Å². The van der Waals surface area contributed by atoms with Crippen molar-refractivity contribution < 1.29 is 9.90 Å². The number of aromatic nitrogens is 1. The molecule has 0 saturated heterocycles. The number of nitrogens with one attached hydrogen (secondary N) is 1. The zero-order valence-electron chi connectivity index (χ0n) is 10.2. The second-order valence-corrected chi connectivity index (χ2v) is 5.28. The molecule has 0 amide bonds. The average Bonchev–Trinajstić information content (AvgIpc) is 2.59. The van der Waals surface area contributed by atoms with E-state index in [1.54, 1.807) is 12.1 Å². The first kappa shape index (κ1) is 11.9. The molecule has 4 nitrogen and oxygen atoms in total. The van der Waals surface area contributed by atoms with E-state index in [-0.39, 0.29) is 11.1 Å². The van der Waals surface area contributed by atoms with E-state index in [0.717, 1.165) is 6.42 Å². The SMILES string of the molecule is CC1(C)CCCC1Nc1cccnc1C(=O)O. The van der Waals surface area contributed by atoms with Crippen molar-refractivity contribution in [2.45, 2.75) is 39.2 Å². The molecule has 1 aliphatic carbocycles. The first-order valence-corrected chi connectivity index (χ1v) is 5.95. The monoisotopic (exact) mass is 234 g/mol. The first-order chi connectivity index (χ1) is 8.00. The van der Waals surface area contributed by atoms with Gasteiger partial charge in [-0.3, -0.25) is 0 Å². The Balaban J connectivity index is 2.21. The molecule has 0 spiro atoms. The van der Waals surface area contributed by atoms with Crippen LogP contribution < -0.4 is 5.32 Å². The molecule has 2 rings (SSSR count). The van der Waals surface area contributed by atoms with Crippen LogP contribution in [0.1, 0.15) is 43.6 Å². The normalized spacial score (nSPS) is 22.4. The molecule has 2 N–H and O–H groups in total. The third-order valence-corrected chi connectivity index (χ3v) is 3.60. The Morgan fingerprint density at radius 3 is 2.94 bits per heavy atom. The fourth-order valence-corrected chi connectivity index (χ4v) is 2.47. The lowest BCUT2D eigenvalue weighted by Crippen LogP contribution is -2.31. The second-order valence-electron chi connectivity index (χ2n) is 5.28. The third kappa shape index (κ3) is 2.40. The Bertz CT molecular complexity index is 429. The maximum atomic E-state index is 11.1. The van der Waals surface area contributed by atoms with Crippen LogP contribution in [0.25, 0.3) is 0 Å². The Hall–Kier alpha value is -1.58. The van der Waals surface area contributed by atoms with Crippen LogP contribution in [0.3, 0.4) is 0 Å². The quantitative estimate of drug-likeness (QED) is 0.844. The molecule has 0 aliphatic heterocycles. The van der Waals surface area contributed by atoms with Gasteiger partial charge in [0.2, 0.25) is 0 Å². The molecule has 92 valence electrons. The van der Waals surface area contributed by atoms with Crippen LogP contribution in [-0.4, -0.2) is 22.1 Å². The number of rotatable bonds is 3. The van der Waals surface area contributed by atoms with Crippen LogP contribution >= 0.6 is 0 Å². The van der Waals surface area contributed by atoms with E-state index < -0.39 is 5.97 Å². The topological polar surface area (TPSA) is 62.2 Å². The van der Waals surface area contributed by atoms with Gasteiger partial charge in [0.25, 0.3) is 0 Å². The van der Waals surface area contributed by atoms with Crippen LogP contribution in [0, 0.1) is 5.41 Å². The van der Waals surface area contributed by atoms with Crippen molar-refractivity contribution in [3.05, 3.63) is 24.0 Å². The van der Waals surface area contributed by atoms with E-state index in [1.165, 1.54) is 19.0 Å². The predicted octanol–water partition coefficient (Wildman–Crippen LogP) is 2.77. The highest BCUT2D eigenvalue weighted by Crippen LogP contribution is 2.39. The molecule has 1 aromatic rings. The number of hydrogen-bond donors (Lipinski definition) is 2. The number of carboxylic acid groups (broad SMARTS) is 1. The molecule has 1 heterocycles. The summed E-state index contributed by atoms with van der Waals surface area (Å²) in [5.74, 6) is -0.982. The van der Waals surface area contributed by atoms with Crippen molar-refractivity contribution in [3.63, 3.8) is 0 Å². The molecule has 0 radical (unpaired) electrons. The largest absolute Gasteiger partial charge is 0.476 e. The van der Waals surface area contributed by atoms with Gasteiger partial charge in [0.1, 0.15) is 0 Å². The summed E-state index contributed by atoms with van der Waals surface area (Å²) in [4.78, 5) is 15.0. The van der Waals surface area contributed by atoms with Gasteiger partial charge >= 0.3 is 5.97 Å². The van der Waals surface area contributed by atoms with Crippen LogP contribution in [0.2, 0.25) is 0 Å². The Morgan fingerprint density at radius 1 is 1.59 bits per heavy atom. The van der Waals surface area contributed by atoms with E-state index >= 15 is 0 Å². The highest BCUT2D eigenvalue weighted by molar-refractivity contribution is 5.91. The highest BCUT2D eigenvalue weighted by Gasteiger charge is 2.34. The minimum atomic E-state index is -0.982. The van der Waals surface area contributed by atoms with Crippen molar-refractivity contribution in [2.75, 3.05) is 5.32 Å². The Kier molecular flexibility index (Phi) is 3.05. The van der Waals surface area contributed by atoms with Gasteiger partial charge in [-0.25, -0.2) is 9.78 Å². The minimum absolute atomic E-state index is 0.107. The van der Waals surface area contributed by atoms with Gasteiger partial charge in [0, 0.05) is 12.2 Å². The van der Waals surface area contributed by atoms with Crippen LogP contribution in [0.15, 0.2) is 18.3 Å². The highest BCUT2D eigenvalue weighted by atomic mass is 16.4. The summed E-state index contributed by atoms with van der Waals surface area (Å²) in [6.45, 7) is 4.43. The van der Waals surface area contributed by atoms with E-state index in [1.807, 2.05) is 0 Å². The number of aromatic carboxylic acids is 1. The Morgan fingerprint density at radius 2 is 2.35 bits per heavy atom. The van der Waals surface area contributed by atoms with Crippen LogP contribution in [0.4, 0.5) is 5.69 Å². The smallest absolute Gasteiger partial charge is 0.356 e. The van der Waals surface area contributed by atoms with Crippen molar-refractivity contribution in [2.24, 2.45) is 5.41 Å². The molecule has 0 bridgehead atoms. The maximum Gasteiger partial charge on any atom is 0.356 e. The summed E-state index contributed by atoms with van der Waals surface area (Å²) < 4.78 is 0. The fraction of sp³-hybridized carbons (Fsp3) is 0.538. The molecule has 1 saturated carbocycles. The first-order valence-electron chi connectivity index (χ1n) is 5.95. The summed E-state index contributed by atoms with van der Waals surface area (Å²) in [7, 11) is 0. The standard InChI is InChI=1S/C13H18N2O2/c1-13(2)7-3-6-10(13)15-9-5-4-8-14-11(9)12(16)17/h4-5,8,10,15H,3,6-7H2,1-2H3,(H,16,17). The van der Waals surface area contributed by atoms with Crippen molar-refractivity contribution in [1.82, 2.24) is 4.98 Å². The molecular weight excluding hydrogens is 216 g/mol. The van der Waals surface area contributed by atoms with Gasteiger partial charge in [-0.1, -0.05) is 20.3 Å². The number of anilines is 1. The number of carbonyl (C=O) groups is 1. The molecule has 1 atom stereocenters. The lowest BCUT2D eigenvalue weighted by molar-refractivity contribution is 0.0691. The van der Waals surface area contributed by atoms with E-state index in [0.29, 0.717) is 11.7 Å². The molecule has 17 heavy (non-hydrogen) atoms. The van der Waals surface area contributed by atoms with Crippen molar-refractivity contribution in [3.8, 4) is 0 Å². The van der Waals surface area contributed by atoms with E-state index in [9.17, 15) is 4.79 Å². The third-order valence-electron chi connectivity index (χ3n) is 3.60. The number of nitrogens with zero attached hydrogens (tertiary/aromatic N) is 1. The molecule has 4 heteroatoms. The molecule has 1 aliphatic rings. The average molecular weight is 234 g/mol. The number of carboxylic acids is 1. The summed E-state index contributed by atoms with van der Waals surface area (Å²) in [5.41, 5.74) is 0.946. The van der Waals surface area contributed by atoms with E-state index in [4.69, 9.17) is 5.11 Å². The lowest BCUT2D eigenvalue weighted by atomic mass is 9.87. The van der Waals surface area contributed by atoms with Gasteiger partial charge in [-0.15, -0.1) is 0 Å². The van der Waals surface area contributed by atoms with Crippen LogP contribution in [0.5, 0.6) is 0 Å². The minimum Gasteiger partial charge on any atom is -0.476 e. The summed E-state index contributed by atoms with van der Waals surface area (Å²) in [6, 6.07) is 3.87. The molecule has 0 aromatic carbocycles. The van der Waals surface area contributed by atoms with E-state index in [2.05, 4.69) is 24.1 Å². The molecular formula is C13H18N2O2. The zero-order valence-corrected chi connectivity index (χ0v) is 10.2. The molecule has 1 unspecified atom stereocenters. The zero-order chi connectivity index (χ0) is 12.5. The molecule has 1 aromatic heterocycles. The summed E-state index contributed by atoms with van der Waals surface area (Å²) in [6.07, 6.45) is 4.95. The predicted molar refractivity (Wildman–Crippen MR) is 66.2 cm³/mol. The summed E-state index contributed by atoms with van der Waals surface area (Å²) in [5, 5.41) is 12.4. The van der Waals surface area contributed by atoms with Crippen molar-refractivity contribution >= 4 is 11.7 Å². The second kappa shape index (κ2) is 4.35. The lowest BCUT2D eigenvalue weighted by Gasteiger charge is -2.29. The Labute approximate surface area is 101 Å². The number of pyridine rings is 1.